The molecule has 0 aliphatic carbocycles. The second-order valence-corrected chi connectivity index (χ2v) is 4.75. The first-order chi connectivity index (χ1) is 5.44. The van der Waals surface area contributed by atoms with Crippen molar-refractivity contribution >= 4 is 10.2 Å². The van der Waals surface area contributed by atoms with E-state index >= 15 is 0 Å². The molecule has 0 bridgehead atoms. The molecule has 1 rings (SSSR count). The molecule has 6 heteroatoms. The van der Waals surface area contributed by atoms with Gasteiger partial charge < -0.3 is 0 Å². The van der Waals surface area contributed by atoms with Gasteiger partial charge in [0.05, 0.1) is 7.05 Å². The van der Waals surface area contributed by atoms with Crippen molar-refractivity contribution in [3.8, 4) is 0 Å². The Balaban J connectivity index is 3.15. The Labute approximate surface area is 72.0 Å². The summed E-state index contributed by atoms with van der Waals surface area (Å²) < 4.78 is 26.8. The highest BCUT2D eigenvalue weighted by Gasteiger charge is 2.21. The third-order valence-electron chi connectivity index (χ3n) is 1.47. The summed E-state index contributed by atoms with van der Waals surface area (Å²) in [7, 11) is 1.43. The van der Waals surface area contributed by atoms with Gasteiger partial charge in [0.2, 0.25) is 0 Å². The minimum absolute atomic E-state index is 1.16. The van der Waals surface area contributed by atoms with E-state index in [9.17, 15) is 8.42 Å². The summed E-state index contributed by atoms with van der Waals surface area (Å²) in [5.41, 5.74) is 0. The molecule has 1 aromatic heterocycles. The van der Waals surface area contributed by atoms with Crippen LogP contribution in [0.4, 0.5) is 0 Å². The molecule has 0 saturated heterocycles. The highest BCUT2D eigenvalue weighted by Crippen LogP contribution is 1.97. The third kappa shape index (κ3) is 1.49. The normalized spacial score (nSPS) is 12.3. The van der Waals surface area contributed by atoms with Crippen LogP contribution in [-0.4, -0.2) is 30.8 Å². The van der Waals surface area contributed by atoms with E-state index in [-0.39, 0.29) is 0 Å². The van der Waals surface area contributed by atoms with Gasteiger partial charge >= 0.3 is 10.2 Å². The SMILES string of the molecule is CN(C)S(=O)(=O)n1cc[n+](C)c1. The van der Waals surface area contributed by atoms with Gasteiger partial charge in [-0.3, -0.25) is 0 Å². The number of hydrogen-bond donors (Lipinski definition) is 0. The molecule has 0 atom stereocenters. The van der Waals surface area contributed by atoms with Crippen molar-refractivity contribution in [2.45, 2.75) is 0 Å². The lowest BCUT2D eigenvalue weighted by Crippen LogP contribution is -2.30. The highest BCUT2D eigenvalue weighted by molar-refractivity contribution is 7.87. The molecule has 68 valence electrons. The van der Waals surface area contributed by atoms with Crippen LogP contribution < -0.4 is 4.57 Å². The summed E-state index contributed by atoms with van der Waals surface area (Å²) in [6.07, 6.45) is 4.66. The summed E-state index contributed by atoms with van der Waals surface area (Å²) in [5.74, 6) is 0. The minimum Gasteiger partial charge on any atom is -0.238 e. The van der Waals surface area contributed by atoms with E-state index in [2.05, 4.69) is 0 Å². The second kappa shape index (κ2) is 2.87. The smallest absolute Gasteiger partial charge is 0.238 e. The summed E-state index contributed by atoms with van der Waals surface area (Å²) in [6, 6.07) is 0. The van der Waals surface area contributed by atoms with Crippen molar-refractivity contribution in [1.82, 2.24) is 8.28 Å². The zero-order valence-electron chi connectivity index (χ0n) is 7.30. The van der Waals surface area contributed by atoms with Crippen molar-refractivity contribution in [3.63, 3.8) is 0 Å². The molecule has 0 aromatic carbocycles. The Kier molecular flexibility index (Phi) is 2.20. The van der Waals surface area contributed by atoms with Crippen LogP contribution in [0.5, 0.6) is 0 Å². The van der Waals surface area contributed by atoms with E-state index in [1.165, 1.54) is 26.6 Å². The zero-order valence-corrected chi connectivity index (χ0v) is 8.11. The van der Waals surface area contributed by atoms with Crippen molar-refractivity contribution in [2.75, 3.05) is 14.1 Å². The van der Waals surface area contributed by atoms with Gasteiger partial charge in [0.25, 0.3) is 6.33 Å². The number of nitrogens with zero attached hydrogens (tertiary/aromatic N) is 3. The van der Waals surface area contributed by atoms with Crippen LogP contribution in [0.15, 0.2) is 18.7 Å². The summed E-state index contributed by atoms with van der Waals surface area (Å²) in [4.78, 5) is 0. The molecule has 0 fully saturated rings. The van der Waals surface area contributed by atoms with Crippen LogP contribution in [0.3, 0.4) is 0 Å². The van der Waals surface area contributed by atoms with Crippen molar-refractivity contribution in [1.29, 1.82) is 0 Å². The first kappa shape index (κ1) is 9.21. The quantitative estimate of drug-likeness (QED) is 0.560. The topological polar surface area (TPSA) is 46.2 Å². The average molecular weight is 190 g/mol. The molecule has 1 heterocycles. The first-order valence-corrected chi connectivity index (χ1v) is 4.80. The Hall–Kier alpha value is -0.880. The number of aryl methyl sites for hydroxylation is 1. The maximum absolute atomic E-state index is 11.4. The van der Waals surface area contributed by atoms with Crippen LogP contribution in [0.1, 0.15) is 0 Å². The van der Waals surface area contributed by atoms with Crippen LogP contribution >= 0.6 is 0 Å². The first-order valence-electron chi connectivity index (χ1n) is 3.41. The fourth-order valence-electron chi connectivity index (χ4n) is 0.752. The molecule has 0 amide bonds. The summed E-state index contributed by atoms with van der Waals surface area (Å²) in [6.45, 7) is 0. The molecule has 12 heavy (non-hydrogen) atoms. The Morgan fingerprint density at radius 3 is 2.33 bits per heavy atom. The lowest BCUT2D eigenvalue weighted by molar-refractivity contribution is -0.670. The molecule has 0 radical (unpaired) electrons. The zero-order chi connectivity index (χ0) is 9.35. The van der Waals surface area contributed by atoms with Crippen LogP contribution in [0.2, 0.25) is 0 Å². The molecule has 0 spiro atoms. The molecule has 1 aromatic rings. The van der Waals surface area contributed by atoms with Gasteiger partial charge in [-0.25, -0.2) is 4.57 Å². The molecule has 0 aliphatic rings. The maximum Gasteiger partial charge on any atom is 0.379 e. The molecular formula is C6H12N3O2S+. The molecule has 5 nitrogen and oxygen atoms in total. The average Bonchev–Trinajstić information content (AvgIpc) is 2.35. The predicted molar refractivity (Wildman–Crippen MR) is 43.6 cm³/mol. The fourth-order valence-corrected chi connectivity index (χ4v) is 1.61. The highest BCUT2D eigenvalue weighted by atomic mass is 32.2. The Morgan fingerprint density at radius 1 is 1.42 bits per heavy atom. The van der Waals surface area contributed by atoms with Crippen LogP contribution in [-0.2, 0) is 17.3 Å². The molecular weight excluding hydrogens is 178 g/mol. The number of aromatic nitrogens is 2. The molecule has 0 saturated carbocycles. The van der Waals surface area contributed by atoms with Gasteiger partial charge in [0.1, 0.15) is 12.4 Å². The van der Waals surface area contributed by atoms with Gasteiger partial charge in [0, 0.05) is 14.1 Å². The van der Waals surface area contributed by atoms with E-state index in [1.807, 2.05) is 0 Å². The Morgan fingerprint density at radius 2 is 2.00 bits per heavy atom. The van der Waals surface area contributed by atoms with Gasteiger partial charge in [-0.2, -0.15) is 12.7 Å². The number of imidazole rings is 1. The van der Waals surface area contributed by atoms with E-state index in [0.717, 1.165) is 8.28 Å². The largest absolute Gasteiger partial charge is 0.379 e. The molecule has 0 unspecified atom stereocenters. The van der Waals surface area contributed by atoms with E-state index in [0.29, 0.717) is 0 Å². The van der Waals surface area contributed by atoms with Gasteiger partial charge in [-0.05, 0) is 0 Å². The lowest BCUT2D eigenvalue weighted by Gasteiger charge is -2.05. The maximum atomic E-state index is 11.4. The number of hydrogen-bond acceptors (Lipinski definition) is 2. The molecule has 0 N–H and O–H groups in total. The lowest BCUT2D eigenvalue weighted by atomic mass is 10.9. The summed E-state index contributed by atoms with van der Waals surface area (Å²) >= 11 is 0. The molecule has 0 aliphatic heterocycles. The number of rotatable bonds is 2. The van der Waals surface area contributed by atoms with E-state index < -0.39 is 10.2 Å². The second-order valence-electron chi connectivity index (χ2n) is 2.70. The van der Waals surface area contributed by atoms with Gasteiger partial charge in [0.15, 0.2) is 0 Å². The van der Waals surface area contributed by atoms with Crippen LogP contribution in [0, 0.1) is 0 Å². The van der Waals surface area contributed by atoms with Gasteiger partial charge in [-0.15, -0.1) is 3.97 Å². The van der Waals surface area contributed by atoms with E-state index in [1.54, 1.807) is 17.8 Å². The Bertz CT molecular complexity index is 366. The third-order valence-corrected chi connectivity index (χ3v) is 3.14. The van der Waals surface area contributed by atoms with Gasteiger partial charge in [-0.1, -0.05) is 0 Å². The predicted octanol–water partition coefficient (Wildman–Crippen LogP) is -1.03. The van der Waals surface area contributed by atoms with Crippen molar-refractivity contribution < 1.29 is 13.0 Å². The van der Waals surface area contributed by atoms with Crippen LogP contribution in [0.25, 0.3) is 0 Å². The van der Waals surface area contributed by atoms with Crippen molar-refractivity contribution in [3.05, 3.63) is 18.7 Å². The summed E-state index contributed by atoms with van der Waals surface area (Å²) in [5, 5.41) is 0. The van der Waals surface area contributed by atoms with Crippen molar-refractivity contribution in [2.24, 2.45) is 7.05 Å². The van der Waals surface area contributed by atoms with E-state index in [4.69, 9.17) is 0 Å². The minimum atomic E-state index is -3.33. The standard InChI is InChI=1S/C6H12N3O2S/c1-7(2)12(10,11)9-5-4-8(3)6-9/h4-6H,1-3H3/q+1. The fraction of sp³-hybridized carbons (Fsp3) is 0.500. The monoisotopic (exact) mass is 190 g/mol.